The Kier molecular flexibility index (Phi) is 4.26. The van der Waals surface area contributed by atoms with Crippen molar-refractivity contribution in [1.82, 2.24) is 10.3 Å². The maximum Gasteiger partial charge on any atom is 0.301 e. The number of hydrogen-bond acceptors (Lipinski definition) is 4. The third-order valence-electron chi connectivity index (χ3n) is 2.48. The largest absolute Gasteiger partial charge is 0.459 e. The number of sulfonamides is 1. The summed E-state index contributed by atoms with van der Waals surface area (Å²) < 4.78 is 29.6. The van der Waals surface area contributed by atoms with Crippen molar-refractivity contribution in [3.63, 3.8) is 0 Å². The van der Waals surface area contributed by atoms with Crippen molar-refractivity contribution in [3.8, 4) is 0 Å². The summed E-state index contributed by atoms with van der Waals surface area (Å²) in [7, 11) is -3.83. The Labute approximate surface area is 124 Å². The number of rotatable bonds is 4. The second-order valence-electron chi connectivity index (χ2n) is 3.95. The monoisotopic (exact) mass is 358 g/mol. The highest BCUT2D eigenvalue weighted by Gasteiger charge is 2.17. The standard InChI is InChI=1S/C12H11BrN2O4S/c1-8-7-9(4-5-10(8)13)20(17,18)15-14-12(16)11-3-2-6-19-11/h2-7,15H,1H3,(H,14,16). The van der Waals surface area contributed by atoms with E-state index in [1.807, 2.05) is 4.83 Å². The van der Waals surface area contributed by atoms with Crippen molar-refractivity contribution in [3.05, 3.63) is 52.4 Å². The zero-order valence-corrected chi connectivity index (χ0v) is 12.8. The average molecular weight is 359 g/mol. The summed E-state index contributed by atoms with van der Waals surface area (Å²) in [6.07, 6.45) is 1.32. The van der Waals surface area contributed by atoms with E-state index in [0.717, 1.165) is 10.0 Å². The van der Waals surface area contributed by atoms with E-state index in [1.165, 1.54) is 30.5 Å². The molecule has 106 valence electrons. The van der Waals surface area contributed by atoms with E-state index in [2.05, 4.69) is 21.4 Å². The molecule has 0 atom stereocenters. The van der Waals surface area contributed by atoms with Crippen molar-refractivity contribution in [2.24, 2.45) is 0 Å². The summed E-state index contributed by atoms with van der Waals surface area (Å²) >= 11 is 3.29. The highest BCUT2D eigenvalue weighted by Crippen LogP contribution is 2.19. The lowest BCUT2D eigenvalue weighted by Crippen LogP contribution is -2.41. The van der Waals surface area contributed by atoms with E-state index in [9.17, 15) is 13.2 Å². The molecule has 0 radical (unpaired) electrons. The molecule has 0 fully saturated rings. The fourth-order valence-corrected chi connectivity index (χ4v) is 2.60. The molecule has 1 heterocycles. The van der Waals surface area contributed by atoms with Gasteiger partial charge in [0.15, 0.2) is 5.76 Å². The smallest absolute Gasteiger partial charge is 0.301 e. The highest BCUT2D eigenvalue weighted by atomic mass is 79.9. The molecular formula is C12H11BrN2O4S. The highest BCUT2D eigenvalue weighted by molar-refractivity contribution is 9.10. The third-order valence-corrected chi connectivity index (χ3v) is 4.62. The minimum Gasteiger partial charge on any atom is -0.459 e. The predicted octanol–water partition coefficient (Wildman–Crippen LogP) is 1.97. The number of hydrogen-bond donors (Lipinski definition) is 2. The van der Waals surface area contributed by atoms with Gasteiger partial charge in [0.2, 0.25) is 0 Å². The molecule has 0 spiro atoms. The Hall–Kier alpha value is -1.64. The predicted molar refractivity (Wildman–Crippen MR) is 75.4 cm³/mol. The van der Waals surface area contributed by atoms with Crippen molar-refractivity contribution in [1.29, 1.82) is 0 Å². The molecule has 2 rings (SSSR count). The van der Waals surface area contributed by atoms with E-state index in [1.54, 1.807) is 13.0 Å². The fraction of sp³-hybridized carbons (Fsp3) is 0.0833. The van der Waals surface area contributed by atoms with Crippen LogP contribution in [0.25, 0.3) is 0 Å². The SMILES string of the molecule is Cc1cc(S(=O)(=O)NNC(=O)c2ccco2)ccc1Br. The van der Waals surface area contributed by atoms with Crippen LogP contribution in [0.5, 0.6) is 0 Å². The van der Waals surface area contributed by atoms with Gasteiger partial charge >= 0.3 is 5.91 Å². The Balaban J connectivity index is 2.11. The van der Waals surface area contributed by atoms with Gasteiger partial charge in [-0.15, -0.1) is 4.83 Å². The summed E-state index contributed by atoms with van der Waals surface area (Å²) in [6.45, 7) is 1.77. The Morgan fingerprint density at radius 3 is 2.65 bits per heavy atom. The molecule has 0 unspecified atom stereocenters. The second-order valence-corrected chi connectivity index (χ2v) is 6.48. The number of halogens is 1. The molecule has 0 aliphatic rings. The molecule has 0 bridgehead atoms. The minimum atomic E-state index is -3.83. The van der Waals surface area contributed by atoms with E-state index in [0.29, 0.717) is 0 Å². The molecule has 2 N–H and O–H groups in total. The van der Waals surface area contributed by atoms with Crippen LogP contribution in [0.3, 0.4) is 0 Å². The van der Waals surface area contributed by atoms with Gasteiger partial charge in [0.1, 0.15) is 0 Å². The molecule has 1 aromatic heterocycles. The molecule has 8 heteroatoms. The van der Waals surface area contributed by atoms with Gasteiger partial charge in [0, 0.05) is 4.47 Å². The Bertz CT molecular complexity index is 726. The van der Waals surface area contributed by atoms with E-state index in [4.69, 9.17) is 4.42 Å². The molecule has 20 heavy (non-hydrogen) atoms. The normalized spacial score (nSPS) is 11.3. The minimum absolute atomic E-state index is 0.0136. The van der Waals surface area contributed by atoms with E-state index >= 15 is 0 Å². The lowest BCUT2D eigenvalue weighted by atomic mass is 10.2. The number of benzene rings is 1. The number of amides is 1. The van der Waals surface area contributed by atoms with Crippen molar-refractivity contribution >= 4 is 31.9 Å². The molecular weight excluding hydrogens is 348 g/mol. The van der Waals surface area contributed by atoms with Crippen LogP contribution in [0.15, 0.2) is 50.4 Å². The van der Waals surface area contributed by atoms with Crippen LogP contribution in [-0.4, -0.2) is 14.3 Å². The summed E-state index contributed by atoms with van der Waals surface area (Å²) in [5, 5.41) is 0. The first-order chi connectivity index (χ1) is 9.40. The zero-order valence-electron chi connectivity index (χ0n) is 10.4. The van der Waals surface area contributed by atoms with Gasteiger partial charge in [-0.1, -0.05) is 15.9 Å². The summed E-state index contributed by atoms with van der Waals surface area (Å²) in [5.74, 6) is -0.660. The summed E-state index contributed by atoms with van der Waals surface area (Å²) in [4.78, 5) is 13.6. The van der Waals surface area contributed by atoms with Crippen LogP contribution in [-0.2, 0) is 10.0 Å². The third kappa shape index (κ3) is 3.27. The molecule has 0 saturated heterocycles. The average Bonchev–Trinajstić information content (AvgIpc) is 2.93. The van der Waals surface area contributed by atoms with Crippen molar-refractivity contribution < 1.29 is 17.6 Å². The maximum atomic E-state index is 12.0. The van der Waals surface area contributed by atoms with Gasteiger partial charge in [0.25, 0.3) is 10.0 Å². The topological polar surface area (TPSA) is 88.4 Å². The van der Waals surface area contributed by atoms with Gasteiger partial charge in [-0.3, -0.25) is 10.2 Å². The lowest BCUT2D eigenvalue weighted by molar-refractivity contribution is 0.0917. The molecule has 0 aliphatic carbocycles. The molecule has 0 aliphatic heterocycles. The Morgan fingerprint density at radius 1 is 1.30 bits per heavy atom. The number of carbonyl (C=O) groups is 1. The van der Waals surface area contributed by atoms with Crippen LogP contribution in [0, 0.1) is 6.92 Å². The maximum absolute atomic E-state index is 12.0. The molecule has 1 amide bonds. The number of hydrazine groups is 1. The quantitative estimate of drug-likeness (QED) is 0.817. The van der Waals surface area contributed by atoms with Crippen LogP contribution >= 0.6 is 15.9 Å². The molecule has 2 aromatic rings. The molecule has 0 saturated carbocycles. The van der Waals surface area contributed by atoms with E-state index < -0.39 is 15.9 Å². The van der Waals surface area contributed by atoms with Crippen LogP contribution in [0.2, 0.25) is 0 Å². The van der Waals surface area contributed by atoms with Crippen molar-refractivity contribution in [2.75, 3.05) is 0 Å². The van der Waals surface area contributed by atoms with Gasteiger partial charge in [-0.05, 0) is 42.8 Å². The number of nitrogens with one attached hydrogen (secondary N) is 2. The summed E-state index contributed by atoms with van der Waals surface area (Å²) in [5.41, 5.74) is 2.84. The summed E-state index contributed by atoms with van der Waals surface area (Å²) in [6, 6.07) is 7.50. The lowest BCUT2D eigenvalue weighted by Gasteiger charge is -2.08. The van der Waals surface area contributed by atoms with Gasteiger partial charge in [-0.2, -0.15) is 0 Å². The first-order valence-corrected chi connectivity index (χ1v) is 7.79. The van der Waals surface area contributed by atoms with Gasteiger partial charge in [-0.25, -0.2) is 8.42 Å². The second kappa shape index (κ2) is 5.78. The van der Waals surface area contributed by atoms with Gasteiger partial charge in [0.05, 0.1) is 11.2 Å². The number of aryl methyl sites for hydroxylation is 1. The van der Waals surface area contributed by atoms with E-state index in [-0.39, 0.29) is 10.7 Å². The van der Waals surface area contributed by atoms with Crippen LogP contribution in [0.1, 0.15) is 16.1 Å². The first kappa shape index (κ1) is 14.8. The first-order valence-electron chi connectivity index (χ1n) is 5.52. The van der Waals surface area contributed by atoms with Crippen LogP contribution < -0.4 is 10.3 Å². The van der Waals surface area contributed by atoms with Crippen molar-refractivity contribution in [2.45, 2.75) is 11.8 Å². The molecule has 6 nitrogen and oxygen atoms in total. The zero-order chi connectivity index (χ0) is 14.8. The number of carbonyl (C=O) groups excluding carboxylic acids is 1. The Morgan fingerprint density at radius 2 is 2.05 bits per heavy atom. The van der Waals surface area contributed by atoms with Crippen LogP contribution in [0.4, 0.5) is 0 Å². The number of furan rings is 1. The van der Waals surface area contributed by atoms with Gasteiger partial charge < -0.3 is 4.42 Å². The fourth-order valence-electron chi connectivity index (χ4n) is 1.43. The molecule has 1 aromatic carbocycles.